The van der Waals surface area contributed by atoms with Crippen molar-refractivity contribution in [1.29, 1.82) is 0 Å². The van der Waals surface area contributed by atoms with Crippen LogP contribution in [0.5, 0.6) is 0 Å². The molecule has 2 heteroatoms. The van der Waals surface area contributed by atoms with Gasteiger partial charge in [-0.2, -0.15) is 0 Å². The van der Waals surface area contributed by atoms with Crippen molar-refractivity contribution in [3.05, 3.63) is 36.6 Å². The van der Waals surface area contributed by atoms with Gasteiger partial charge < -0.3 is 5.32 Å². The summed E-state index contributed by atoms with van der Waals surface area (Å²) < 4.78 is 0. The van der Waals surface area contributed by atoms with Gasteiger partial charge in [0.05, 0.1) is 0 Å². The van der Waals surface area contributed by atoms with Crippen LogP contribution < -0.4 is 5.32 Å². The average Bonchev–Trinajstić information content (AvgIpc) is 2.27. The van der Waals surface area contributed by atoms with Crippen LogP contribution in [-0.2, 0) is 0 Å². The molecule has 0 aliphatic heterocycles. The largest absolute Gasteiger partial charge is 0.388 e. The van der Waals surface area contributed by atoms with Gasteiger partial charge in [-0.3, -0.25) is 4.90 Å². The highest BCUT2D eigenvalue weighted by atomic mass is 15.1. The van der Waals surface area contributed by atoms with Gasteiger partial charge in [-0.05, 0) is 19.4 Å². The minimum absolute atomic E-state index is 0.526. The topological polar surface area (TPSA) is 15.3 Å². The lowest BCUT2D eigenvalue weighted by molar-refractivity contribution is 0.340. The highest BCUT2D eigenvalue weighted by Crippen LogP contribution is 2.07. The summed E-state index contributed by atoms with van der Waals surface area (Å²) in [5, 5.41) is 3.25. The van der Waals surface area contributed by atoms with E-state index in [2.05, 4.69) is 63.2 Å². The molecule has 0 aromatic heterocycles. The highest BCUT2D eigenvalue weighted by molar-refractivity contribution is 5.16. The molecule has 0 aromatic carbocycles. The number of likely N-dealkylation sites (N-methyl/N-ethyl adjacent to an activating group) is 2. The Balaban J connectivity index is 4.05. The summed E-state index contributed by atoms with van der Waals surface area (Å²) in [5.41, 5.74) is 2.27. The molecule has 1 N–H and O–H groups in total. The maximum absolute atomic E-state index is 4.03. The second-order valence-electron chi connectivity index (χ2n) is 4.59. The Hall–Kier alpha value is -1.02. The number of hydrogen-bond acceptors (Lipinski definition) is 2. The predicted octanol–water partition coefficient (Wildman–Crippen LogP) is 3.20. The zero-order valence-electron chi connectivity index (χ0n) is 11.9. The third-order valence-electron chi connectivity index (χ3n) is 2.73. The Bertz CT molecular complexity index is 264. The number of nitrogens with zero attached hydrogens (tertiary/aromatic N) is 1. The molecule has 0 amide bonds. The Labute approximate surface area is 107 Å². The lowest BCUT2D eigenvalue weighted by Gasteiger charge is -2.20. The van der Waals surface area contributed by atoms with Gasteiger partial charge >= 0.3 is 0 Å². The van der Waals surface area contributed by atoms with Gasteiger partial charge in [-0.15, -0.1) is 0 Å². The summed E-state index contributed by atoms with van der Waals surface area (Å²) >= 11 is 0. The van der Waals surface area contributed by atoms with Crippen LogP contribution in [0.15, 0.2) is 36.6 Å². The van der Waals surface area contributed by atoms with Crippen molar-refractivity contribution in [2.75, 3.05) is 26.2 Å². The molecule has 0 aliphatic carbocycles. The van der Waals surface area contributed by atoms with Gasteiger partial charge in [0, 0.05) is 25.3 Å². The molecule has 0 rings (SSSR count). The smallest absolute Gasteiger partial charge is 0.0378 e. The van der Waals surface area contributed by atoms with Crippen LogP contribution in [0.1, 0.15) is 27.7 Å². The molecular weight excluding hydrogens is 208 g/mol. The lowest BCUT2D eigenvalue weighted by atomic mass is 10.1. The third-order valence-corrected chi connectivity index (χ3v) is 2.73. The van der Waals surface area contributed by atoms with E-state index in [9.17, 15) is 0 Å². The van der Waals surface area contributed by atoms with Crippen molar-refractivity contribution in [3.8, 4) is 0 Å². The number of hydrogen-bond donors (Lipinski definition) is 1. The molecule has 0 fully saturated rings. The minimum atomic E-state index is 0.526. The van der Waals surface area contributed by atoms with Gasteiger partial charge in [0.25, 0.3) is 0 Å². The van der Waals surface area contributed by atoms with Crippen LogP contribution in [0.2, 0.25) is 0 Å². The number of rotatable bonds is 9. The molecule has 0 atom stereocenters. The van der Waals surface area contributed by atoms with Crippen molar-refractivity contribution in [1.82, 2.24) is 10.2 Å². The van der Waals surface area contributed by atoms with E-state index in [0.717, 1.165) is 31.9 Å². The summed E-state index contributed by atoms with van der Waals surface area (Å²) in [6, 6.07) is 0. The summed E-state index contributed by atoms with van der Waals surface area (Å²) in [4.78, 5) is 2.34. The Morgan fingerprint density at radius 1 is 1.29 bits per heavy atom. The normalized spacial score (nSPS) is 11.4. The first-order valence-corrected chi connectivity index (χ1v) is 6.50. The zero-order chi connectivity index (χ0) is 13.3. The van der Waals surface area contributed by atoms with Crippen LogP contribution in [0.3, 0.4) is 0 Å². The van der Waals surface area contributed by atoms with Crippen molar-refractivity contribution >= 4 is 0 Å². The molecule has 0 radical (unpaired) electrons. The monoisotopic (exact) mass is 236 g/mol. The fraction of sp³-hybridized carbons (Fsp3) is 0.600. The van der Waals surface area contributed by atoms with Crippen molar-refractivity contribution in [3.63, 3.8) is 0 Å². The first kappa shape index (κ1) is 16.0. The van der Waals surface area contributed by atoms with E-state index in [-0.39, 0.29) is 0 Å². The summed E-state index contributed by atoms with van der Waals surface area (Å²) in [5.74, 6) is 0.526. The second-order valence-corrected chi connectivity index (χ2v) is 4.59. The van der Waals surface area contributed by atoms with Crippen LogP contribution in [-0.4, -0.2) is 31.1 Å². The molecule has 0 spiro atoms. The Morgan fingerprint density at radius 3 is 2.41 bits per heavy atom. The van der Waals surface area contributed by atoms with E-state index in [4.69, 9.17) is 0 Å². The van der Waals surface area contributed by atoms with Crippen molar-refractivity contribution < 1.29 is 0 Å². The van der Waals surface area contributed by atoms with Crippen LogP contribution in [0, 0.1) is 5.92 Å². The molecule has 0 bridgehead atoms. The van der Waals surface area contributed by atoms with E-state index >= 15 is 0 Å². The molecule has 0 unspecified atom stereocenters. The first-order chi connectivity index (χ1) is 8.01. The number of nitrogens with one attached hydrogen (secondary N) is 1. The van der Waals surface area contributed by atoms with Gasteiger partial charge in [0.15, 0.2) is 0 Å². The Kier molecular flexibility index (Phi) is 8.51. The van der Waals surface area contributed by atoms with Gasteiger partial charge in [-0.25, -0.2) is 0 Å². The van der Waals surface area contributed by atoms with Gasteiger partial charge in [-0.1, -0.05) is 51.7 Å². The standard InChI is InChI=1S/C15H28N2/c1-7-16-15(6)12-17(8-2)11-9-10-14(5)13(3)4/h9-10,13,16H,5-8,11-12H2,1-4H3/b10-9+. The lowest BCUT2D eigenvalue weighted by Crippen LogP contribution is -2.30. The number of allylic oxidation sites excluding steroid dienone is 2. The van der Waals surface area contributed by atoms with Gasteiger partial charge in [0.1, 0.15) is 0 Å². The quantitative estimate of drug-likeness (QED) is 0.618. The van der Waals surface area contributed by atoms with E-state index in [1.165, 1.54) is 5.57 Å². The third kappa shape index (κ3) is 7.81. The molecule has 0 aromatic rings. The van der Waals surface area contributed by atoms with Crippen LogP contribution >= 0.6 is 0 Å². The maximum atomic E-state index is 4.03. The predicted molar refractivity (Wildman–Crippen MR) is 78.0 cm³/mol. The van der Waals surface area contributed by atoms with Crippen molar-refractivity contribution in [2.45, 2.75) is 27.7 Å². The molecule has 0 saturated heterocycles. The molecule has 0 saturated carbocycles. The van der Waals surface area contributed by atoms with Gasteiger partial charge in [0.2, 0.25) is 0 Å². The van der Waals surface area contributed by atoms with E-state index in [1.807, 2.05) is 0 Å². The van der Waals surface area contributed by atoms with Crippen LogP contribution in [0.25, 0.3) is 0 Å². The summed E-state index contributed by atoms with van der Waals surface area (Å²) in [6.07, 6.45) is 4.31. The molecular formula is C15H28N2. The van der Waals surface area contributed by atoms with E-state index < -0.39 is 0 Å². The fourth-order valence-electron chi connectivity index (χ4n) is 1.43. The Morgan fingerprint density at radius 2 is 1.94 bits per heavy atom. The van der Waals surface area contributed by atoms with E-state index in [0.29, 0.717) is 5.92 Å². The first-order valence-electron chi connectivity index (χ1n) is 6.50. The van der Waals surface area contributed by atoms with Crippen LogP contribution in [0.4, 0.5) is 0 Å². The summed E-state index contributed by atoms with van der Waals surface area (Å²) in [6.45, 7) is 20.5. The zero-order valence-corrected chi connectivity index (χ0v) is 11.9. The molecule has 98 valence electrons. The summed E-state index contributed by atoms with van der Waals surface area (Å²) in [7, 11) is 0. The van der Waals surface area contributed by atoms with E-state index in [1.54, 1.807) is 0 Å². The molecule has 0 aliphatic rings. The molecule has 17 heavy (non-hydrogen) atoms. The minimum Gasteiger partial charge on any atom is -0.388 e. The average molecular weight is 236 g/mol. The fourth-order valence-corrected chi connectivity index (χ4v) is 1.43. The maximum Gasteiger partial charge on any atom is 0.0378 e. The molecule has 0 heterocycles. The highest BCUT2D eigenvalue weighted by Gasteiger charge is 2.02. The van der Waals surface area contributed by atoms with Crippen molar-refractivity contribution in [2.24, 2.45) is 5.92 Å². The molecule has 2 nitrogen and oxygen atoms in total. The second kappa shape index (κ2) is 9.06. The SMILES string of the molecule is C=C(CN(CC)C/C=C/C(=C)C(C)C)NCC.